The van der Waals surface area contributed by atoms with Gasteiger partial charge in [0.1, 0.15) is 22.8 Å². The Kier molecular flexibility index (Phi) is 21.8. The van der Waals surface area contributed by atoms with E-state index < -0.39 is 59.3 Å². The number of benzene rings is 1. The number of ketones is 2. The number of carbonyl (C=O) groups is 4. The van der Waals surface area contributed by atoms with Gasteiger partial charge in [0.05, 0.1) is 41.7 Å². The van der Waals surface area contributed by atoms with Crippen LogP contribution in [0.4, 0.5) is 4.39 Å². The predicted molar refractivity (Wildman–Crippen MR) is 322 cm³/mol. The Morgan fingerprint density at radius 3 is 2.35 bits per heavy atom. The lowest BCUT2D eigenvalue weighted by atomic mass is 9.75. The number of allylic oxidation sites excluding steroid dienone is 9. The summed E-state index contributed by atoms with van der Waals surface area (Å²) in [5, 5.41) is 42.0. The quantitative estimate of drug-likeness (QED) is 0.0615. The maximum atomic E-state index is 15.3. The number of hydrogen-bond donors (Lipinski definition) is 7. The molecule has 2 saturated carbocycles. The van der Waals surface area contributed by atoms with Gasteiger partial charge < -0.3 is 36.6 Å². The van der Waals surface area contributed by atoms with Crippen molar-refractivity contribution in [1.29, 1.82) is 0 Å². The van der Waals surface area contributed by atoms with Crippen molar-refractivity contribution in [2.24, 2.45) is 52.6 Å². The van der Waals surface area contributed by atoms with Crippen LogP contribution in [0.5, 0.6) is 0 Å². The van der Waals surface area contributed by atoms with Gasteiger partial charge >= 0.3 is 0 Å². The molecule has 0 radical (unpaired) electrons. The molecule has 2 aliphatic carbocycles. The molecule has 3 heterocycles. The monoisotopic (exact) mass is 1120 g/mol. The van der Waals surface area contributed by atoms with Crippen molar-refractivity contribution in [3.8, 4) is 0 Å². The van der Waals surface area contributed by atoms with Crippen molar-refractivity contribution in [3.05, 3.63) is 144 Å². The number of nitrogens with zero attached hydrogens (tertiary/aromatic N) is 2. The zero-order valence-corrected chi connectivity index (χ0v) is 50.3. The fraction of sp³-hybridized carbons (Fsp3) is 0.582. The zero-order chi connectivity index (χ0) is 59.9. The standard InChI is InChI=1S/C67H97FN6O7/c1-40(2)30-31-54-49(12)70-61(41(3)4)50(13)73(14)66(39-55(66)52-26-21-27-53(68)34-52)64(81)74-32-22-28-56(72-74)60(78)35-51(25-19-16-20-29-57(75)48(11)62(54)79)42(5)23-17-15-18-24-43(6)58(76)36-59(77)44(7)33-45(8)67(69)47(10)38-65(37-46(65)9)63(80)71-67/h15-17,19-21,23,26-27,29,33-34,41,43,46-48,51,54-59,61,70,72,75-77H,1,7,12-13,18,22,24-25,28,30-32,35-39,69H2,2-6,8-11,14H3,(H,71,80)/b17-15+,19-16+,29-20+,42-23+,45-33-/t43-,46?,47-,48-,51+,54-,55?,56?,57-,58-,59-,61-,65-,66?,67+/m0/s1. The van der Waals surface area contributed by atoms with Crippen LogP contribution in [-0.4, -0.2) is 104 Å². The van der Waals surface area contributed by atoms with Gasteiger partial charge in [-0.15, -0.1) is 6.58 Å². The second-order valence-electron chi connectivity index (χ2n) is 25.4. The molecule has 4 fully saturated rings. The number of aliphatic hydroxyl groups excluding tert-OH is 3. The summed E-state index contributed by atoms with van der Waals surface area (Å²) in [4.78, 5) is 59.2. The van der Waals surface area contributed by atoms with Crippen molar-refractivity contribution in [2.75, 3.05) is 13.6 Å². The number of hydrazine groups is 1. The number of nitrogens with one attached hydrogen (secondary N) is 3. The van der Waals surface area contributed by atoms with Crippen molar-refractivity contribution >= 4 is 23.4 Å². The van der Waals surface area contributed by atoms with E-state index in [9.17, 15) is 34.1 Å². The molecular weight excluding hydrogens is 1020 g/mol. The lowest BCUT2D eigenvalue weighted by molar-refractivity contribution is -0.145. The Labute approximate surface area is 483 Å². The lowest BCUT2D eigenvalue weighted by Gasteiger charge is -2.44. The first kappa shape index (κ1) is 64.7. The fourth-order valence-electron chi connectivity index (χ4n) is 12.7. The molecule has 4 unspecified atom stereocenters. The molecule has 2 spiro atoms. The summed E-state index contributed by atoms with van der Waals surface area (Å²) < 4.78 is 14.9. The summed E-state index contributed by atoms with van der Waals surface area (Å²) >= 11 is 0. The fourth-order valence-corrected chi connectivity index (χ4v) is 12.7. The molecule has 81 heavy (non-hydrogen) atoms. The summed E-state index contributed by atoms with van der Waals surface area (Å²) in [5.41, 5.74) is 12.4. The van der Waals surface area contributed by atoms with Crippen LogP contribution in [-0.2, 0) is 19.2 Å². The average molecular weight is 1120 g/mol. The Balaban J connectivity index is 1.18. The third-order valence-corrected chi connectivity index (χ3v) is 19.0. The molecule has 2 saturated heterocycles. The molecule has 14 heteroatoms. The molecule has 1 aromatic carbocycles. The van der Waals surface area contributed by atoms with E-state index in [1.807, 2.05) is 96.9 Å². The van der Waals surface area contributed by atoms with Crippen LogP contribution in [0, 0.1) is 52.7 Å². The van der Waals surface area contributed by atoms with Crippen LogP contribution in [0.25, 0.3) is 0 Å². The topological polar surface area (TPSA) is 198 Å². The molecule has 5 aliphatic rings. The van der Waals surface area contributed by atoms with Gasteiger partial charge in [0.2, 0.25) is 5.91 Å². The van der Waals surface area contributed by atoms with Gasteiger partial charge in [0, 0.05) is 49.7 Å². The van der Waals surface area contributed by atoms with Gasteiger partial charge in [-0.1, -0.05) is 133 Å². The summed E-state index contributed by atoms with van der Waals surface area (Å²) in [7, 11) is 1.84. The molecule has 1 aromatic rings. The highest BCUT2D eigenvalue weighted by Crippen LogP contribution is 2.60. The van der Waals surface area contributed by atoms with Crippen molar-refractivity contribution < 1.29 is 38.9 Å². The van der Waals surface area contributed by atoms with E-state index in [4.69, 9.17) is 5.73 Å². The molecule has 2 bridgehead atoms. The normalized spacial score (nSPS) is 34.1. The third kappa shape index (κ3) is 15.0. The maximum Gasteiger partial charge on any atom is 0.263 e. The molecule has 15 atom stereocenters. The number of amides is 2. The minimum Gasteiger partial charge on any atom is -0.393 e. The average Bonchev–Trinajstić information content (AvgIpc) is 3.65. The van der Waals surface area contributed by atoms with Gasteiger partial charge in [-0.3, -0.25) is 24.2 Å². The van der Waals surface area contributed by atoms with Crippen molar-refractivity contribution in [1.82, 2.24) is 26.0 Å². The van der Waals surface area contributed by atoms with Gasteiger partial charge in [-0.25, -0.2) is 9.82 Å². The van der Waals surface area contributed by atoms with Crippen LogP contribution in [0.3, 0.4) is 0 Å². The number of aliphatic hydroxyl groups is 3. The summed E-state index contributed by atoms with van der Waals surface area (Å²) in [6, 6.07) is 5.25. The Bertz CT molecular complexity index is 2690. The first-order valence-corrected chi connectivity index (χ1v) is 29.7. The minimum atomic E-state index is -1.17. The summed E-state index contributed by atoms with van der Waals surface area (Å²) in [6.45, 7) is 35.2. The third-order valence-electron chi connectivity index (χ3n) is 19.0. The molecule has 8 N–H and O–H groups in total. The molecule has 444 valence electrons. The number of fused-ring (bicyclic) bond motifs is 2. The van der Waals surface area contributed by atoms with Crippen LogP contribution in [0.1, 0.15) is 151 Å². The number of carbonyl (C=O) groups excluding carboxylic acids is 4. The van der Waals surface area contributed by atoms with Gasteiger partial charge in [0.25, 0.3) is 5.91 Å². The smallest absolute Gasteiger partial charge is 0.263 e. The highest BCUT2D eigenvalue weighted by molar-refractivity contribution is 5.93. The van der Waals surface area contributed by atoms with Gasteiger partial charge in [-0.05, 0) is 143 Å². The van der Waals surface area contributed by atoms with E-state index in [-0.39, 0.29) is 71.2 Å². The number of likely N-dealkylation sites (N-methyl/N-ethyl adjacent to an activating group) is 1. The molecule has 13 nitrogen and oxygen atoms in total. The van der Waals surface area contributed by atoms with E-state index in [2.05, 4.69) is 49.3 Å². The molecule has 0 aromatic heterocycles. The number of piperidine rings is 1. The first-order chi connectivity index (χ1) is 38.1. The first-order valence-electron chi connectivity index (χ1n) is 29.7. The molecular formula is C67H97FN6O7. The largest absolute Gasteiger partial charge is 0.393 e. The highest BCUT2D eigenvalue weighted by Gasteiger charge is 2.66. The van der Waals surface area contributed by atoms with E-state index in [1.54, 1.807) is 36.2 Å². The van der Waals surface area contributed by atoms with Crippen LogP contribution >= 0.6 is 0 Å². The Hall–Kier alpha value is -5.51. The predicted octanol–water partition coefficient (Wildman–Crippen LogP) is 10.1. The molecule has 3 aliphatic heterocycles. The van der Waals surface area contributed by atoms with E-state index in [1.165, 1.54) is 12.1 Å². The van der Waals surface area contributed by atoms with E-state index >= 15 is 4.79 Å². The van der Waals surface area contributed by atoms with Gasteiger partial charge in [0.15, 0.2) is 5.78 Å². The van der Waals surface area contributed by atoms with E-state index in [0.717, 1.165) is 17.6 Å². The second kappa shape index (κ2) is 27.3. The van der Waals surface area contributed by atoms with Crippen LogP contribution < -0.4 is 21.8 Å². The number of rotatable bonds is 16. The number of halogens is 1. The SMILES string of the molecule is C=C(C)CC[C@H]1C(=C)N[C@@H](C(C)C)C(=C)N(C)C2(CC2c2cccc(F)c2)C(=O)N2CCCC(N2)C(=O)C[C@H](/C(C)=C/C=C/CC[C@H](C)[C@@H](O)C[C@H](O)C(=C)/C=C(/C)[C@@]2(N)NC(=O)[C@@]3(CC3C)C[C@@H]2C)C/C=C/C=C/[C@H](O)[C@H](C)C1=O. The van der Waals surface area contributed by atoms with Crippen molar-refractivity contribution in [3.63, 3.8) is 0 Å². The zero-order valence-electron chi connectivity index (χ0n) is 50.3. The molecule has 6 rings (SSSR count). The number of hydrogen-bond acceptors (Lipinski definition) is 11. The minimum absolute atomic E-state index is 0.00734. The Morgan fingerprint density at radius 1 is 1.00 bits per heavy atom. The van der Waals surface area contributed by atoms with Crippen LogP contribution in [0.2, 0.25) is 0 Å². The summed E-state index contributed by atoms with van der Waals surface area (Å²) in [5.74, 6) is -2.79. The highest BCUT2D eigenvalue weighted by atomic mass is 19.1. The maximum absolute atomic E-state index is 15.3. The van der Waals surface area contributed by atoms with Crippen LogP contribution in [0.15, 0.2) is 133 Å². The van der Waals surface area contributed by atoms with E-state index in [0.29, 0.717) is 98.4 Å². The summed E-state index contributed by atoms with van der Waals surface area (Å²) in [6.07, 6.45) is 18.2. The van der Waals surface area contributed by atoms with Crippen molar-refractivity contribution in [2.45, 2.75) is 187 Å². The second-order valence-corrected chi connectivity index (χ2v) is 25.4. The Morgan fingerprint density at radius 2 is 1.69 bits per heavy atom. The molecule has 2 amide bonds. The lowest BCUT2D eigenvalue weighted by Crippen LogP contribution is -2.66. The number of Topliss-reactive ketones (excluding diaryl/α,β-unsaturated/α-hetero) is 2. The number of nitrogens with two attached hydrogens (primary N) is 1. The van der Waals surface area contributed by atoms with Gasteiger partial charge in [-0.2, -0.15) is 0 Å².